The van der Waals surface area contributed by atoms with Gasteiger partial charge in [-0.25, -0.2) is 0 Å². The zero-order valence-electron chi connectivity index (χ0n) is 14.9. The van der Waals surface area contributed by atoms with E-state index in [1.807, 2.05) is 29.2 Å². The van der Waals surface area contributed by atoms with Crippen LogP contribution in [-0.2, 0) is 20.8 Å². The number of likely N-dealkylation sites (tertiary alicyclic amines) is 1. The summed E-state index contributed by atoms with van der Waals surface area (Å²) in [5.41, 5.74) is 1.98. The van der Waals surface area contributed by atoms with Crippen LogP contribution in [0.15, 0.2) is 24.3 Å². The number of nitrogens with zero attached hydrogens (tertiary/aromatic N) is 1. The lowest BCUT2D eigenvalue weighted by atomic mass is 9.89. The molecule has 140 valence electrons. The first-order valence-electron chi connectivity index (χ1n) is 9.44. The lowest BCUT2D eigenvalue weighted by Gasteiger charge is -2.36. The molecule has 0 aromatic heterocycles. The molecule has 1 fully saturated rings. The summed E-state index contributed by atoms with van der Waals surface area (Å²) >= 11 is 0. The van der Waals surface area contributed by atoms with E-state index in [0.717, 1.165) is 30.5 Å². The minimum absolute atomic E-state index is 0.0161. The van der Waals surface area contributed by atoms with E-state index in [1.54, 1.807) is 0 Å². The molecule has 26 heavy (non-hydrogen) atoms. The second-order valence-corrected chi connectivity index (χ2v) is 7.26. The number of aliphatic carboxylic acids is 1. The number of carboxylic acid groups (broad SMARTS) is 1. The number of fused-ring (bicyclic) bond motifs is 1. The molecule has 0 aliphatic carbocycles. The molecule has 2 heterocycles. The Balaban J connectivity index is 1.55. The van der Waals surface area contributed by atoms with E-state index in [2.05, 4.69) is 5.32 Å². The first-order chi connectivity index (χ1) is 12.5. The molecule has 6 nitrogen and oxygen atoms in total. The largest absolute Gasteiger partial charge is 0.481 e. The van der Waals surface area contributed by atoms with Gasteiger partial charge in [-0.2, -0.15) is 0 Å². The third-order valence-corrected chi connectivity index (χ3v) is 5.46. The number of benzene rings is 1. The first kappa shape index (κ1) is 18.4. The summed E-state index contributed by atoms with van der Waals surface area (Å²) in [6, 6.07) is 7.79. The van der Waals surface area contributed by atoms with E-state index in [0.29, 0.717) is 32.2 Å². The Morgan fingerprint density at radius 3 is 2.77 bits per heavy atom. The predicted molar refractivity (Wildman–Crippen MR) is 97.7 cm³/mol. The quantitative estimate of drug-likeness (QED) is 0.819. The Bertz CT molecular complexity index is 688. The van der Waals surface area contributed by atoms with Gasteiger partial charge in [0.2, 0.25) is 11.8 Å². The number of anilines is 1. The van der Waals surface area contributed by atoms with Crippen molar-refractivity contribution in [1.29, 1.82) is 0 Å². The number of hydrogen-bond acceptors (Lipinski definition) is 3. The van der Waals surface area contributed by atoms with Gasteiger partial charge < -0.3 is 15.3 Å². The molecule has 2 amide bonds. The van der Waals surface area contributed by atoms with Crippen molar-refractivity contribution in [2.24, 2.45) is 5.92 Å². The molecule has 1 aromatic carbocycles. The summed E-state index contributed by atoms with van der Waals surface area (Å²) in [6.45, 7) is 0.697. The molecule has 6 heteroatoms. The lowest BCUT2D eigenvalue weighted by molar-refractivity contribution is -0.140. The fraction of sp³-hybridized carbons (Fsp3) is 0.550. The number of para-hydroxylation sites is 1. The summed E-state index contributed by atoms with van der Waals surface area (Å²) in [5.74, 6) is -0.971. The van der Waals surface area contributed by atoms with Gasteiger partial charge in [0, 0.05) is 37.0 Å². The first-order valence-corrected chi connectivity index (χ1v) is 9.44. The van der Waals surface area contributed by atoms with Gasteiger partial charge in [-0.1, -0.05) is 18.2 Å². The second kappa shape index (κ2) is 8.34. The number of hydrogen-bond donors (Lipinski definition) is 2. The Hall–Kier alpha value is -2.37. The highest BCUT2D eigenvalue weighted by molar-refractivity contribution is 5.96. The van der Waals surface area contributed by atoms with Gasteiger partial charge in [0.15, 0.2) is 0 Å². The summed E-state index contributed by atoms with van der Waals surface area (Å²) in [4.78, 5) is 37.7. The van der Waals surface area contributed by atoms with Crippen LogP contribution in [0.3, 0.4) is 0 Å². The molecule has 0 bridgehead atoms. The summed E-state index contributed by atoms with van der Waals surface area (Å²) in [7, 11) is 0. The molecule has 0 unspecified atom stereocenters. The van der Waals surface area contributed by atoms with Crippen molar-refractivity contribution in [2.45, 2.75) is 57.4 Å². The maximum atomic E-state index is 12.7. The van der Waals surface area contributed by atoms with Crippen molar-refractivity contribution in [1.82, 2.24) is 4.90 Å². The minimum atomic E-state index is -0.819. The van der Waals surface area contributed by atoms with E-state index in [4.69, 9.17) is 5.11 Å². The number of piperidine rings is 1. The average molecular weight is 358 g/mol. The number of carboxylic acids is 1. The van der Waals surface area contributed by atoms with Crippen LogP contribution in [0.25, 0.3) is 0 Å². The predicted octanol–water partition coefficient (Wildman–Crippen LogP) is 2.82. The van der Waals surface area contributed by atoms with Crippen LogP contribution in [0.5, 0.6) is 0 Å². The van der Waals surface area contributed by atoms with Gasteiger partial charge in [0.1, 0.15) is 0 Å². The third kappa shape index (κ3) is 4.42. The standard InChI is InChI=1S/C20H26N2O4/c23-18(22-12-4-3-6-16(22)9-11-19(24)25)10-8-15-13-14-5-1-2-7-17(14)21-20(15)26/h1-2,5,7,15-16H,3-4,6,8-13H2,(H,21,26)(H,24,25)/t15-,16-/m0/s1. The SMILES string of the molecule is O=C(O)CC[C@@H]1CCCCN1C(=O)CC[C@H]1Cc2ccccc2NC1=O. The number of nitrogens with one attached hydrogen (secondary N) is 1. The molecule has 2 aliphatic heterocycles. The van der Waals surface area contributed by atoms with Crippen molar-refractivity contribution < 1.29 is 19.5 Å². The monoisotopic (exact) mass is 358 g/mol. The molecule has 3 rings (SSSR count). The molecule has 1 saturated heterocycles. The van der Waals surface area contributed by atoms with E-state index in [-0.39, 0.29) is 30.2 Å². The summed E-state index contributed by atoms with van der Waals surface area (Å²) in [5, 5.41) is 11.8. The maximum Gasteiger partial charge on any atom is 0.303 e. The third-order valence-electron chi connectivity index (χ3n) is 5.46. The number of amides is 2. The van der Waals surface area contributed by atoms with Gasteiger partial charge in [-0.05, 0) is 50.2 Å². The highest BCUT2D eigenvalue weighted by Crippen LogP contribution is 2.28. The zero-order valence-corrected chi connectivity index (χ0v) is 14.9. The molecule has 0 saturated carbocycles. The molecule has 1 aromatic rings. The van der Waals surface area contributed by atoms with Gasteiger partial charge in [0.05, 0.1) is 0 Å². The van der Waals surface area contributed by atoms with Gasteiger partial charge >= 0.3 is 5.97 Å². The van der Waals surface area contributed by atoms with Crippen molar-refractivity contribution in [3.8, 4) is 0 Å². The van der Waals surface area contributed by atoms with Crippen LogP contribution in [-0.4, -0.2) is 40.4 Å². The zero-order chi connectivity index (χ0) is 18.5. The van der Waals surface area contributed by atoms with Gasteiger partial charge in [0.25, 0.3) is 0 Å². The van der Waals surface area contributed by atoms with E-state index >= 15 is 0 Å². The van der Waals surface area contributed by atoms with Crippen molar-refractivity contribution in [3.05, 3.63) is 29.8 Å². The van der Waals surface area contributed by atoms with E-state index in [1.165, 1.54) is 0 Å². The van der Waals surface area contributed by atoms with Gasteiger partial charge in [-0.15, -0.1) is 0 Å². The second-order valence-electron chi connectivity index (χ2n) is 7.26. The van der Waals surface area contributed by atoms with Crippen LogP contribution in [0.2, 0.25) is 0 Å². The number of carbonyl (C=O) groups excluding carboxylic acids is 2. The van der Waals surface area contributed by atoms with Crippen LogP contribution in [0.4, 0.5) is 5.69 Å². The molecule has 2 N–H and O–H groups in total. The lowest BCUT2D eigenvalue weighted by Crippen LogP contribution is -2.44. The molecular weight excluding hydrogens is 332 g/mol. The van der Waals surface area contributed by atoms with Gasteiger partial charge in [-0.3, -0.25) is 14.4 Å². The van der Waals surface area contributed by atoms with Crippen molar-refractivity contribution in [3.63, 3.8) is 0 Å². The molecule has 2 atom stereocenters. The van der Waals surface area contributed by atoms with Crippen molar-refractivity contribution >= 4 is 23.5 Å². The summed E-state index contributed by atoms with van der Waals surface area (Å²) < 4.78 is 0. The average Bonchev–Trinajstić information content (AvgIpc) is 2.64. The number of carbonyl (C=O) groups is 3. The van der Waals surface area contributed by atoms with Crippen LogP contribution < -0.4 is 5.32 Å². The highest BCUT2D eigenvalue weighted by Gasteiger charge is 2.30. The minimum Gasteiger partial charge on any atom is -0.481 e. The molecule has 2 aliphatic rings. The van der Waals surface area contributed by atoms with Crippen LogP contribution in [0.1, 0.15) is 50.5 Å². The normalized spacial score (nSPS) is 22.5. The molecular formula is C20H26N2O4. The topological polar surface area (TPSA) is 86.7 Å². The van der Waals surface area contributed by atoms with E-state index in [9.17, 15) is 14.4 Å². The Morgan fingerprint density at radius 1 is 1.15 bits per heavy atom. The van der Waals surface area contributed by atoms with E-state index < -0.39 is 5.97 Å². The fourth-order valence-corrected chi connectivity index (χ4v) is 4.01. The van der Waals surface area contributed by atoms with Crippen molar-refractivity contribution in [2.75, 3.05) is 11.9 Å². The molecule has 0 spiro atoms. The maximum absolute atomic E-state index is 12.7. The van der Waals surface area contributed by atoms with Crippen LogP contribution >= 0.6 is 0 Å². The summed E-state index contributed by atoms with van der Waals surface area (Å²) in [6.07, 6.45) is 5.01. The Morgan fingerprint density at radius 2 is 1.96 bits per heavy atom. The molecule has 0 radical (unpaired) electrons. The highest BCUT2D eigenvalue weighted by atomic mass is 16.4. The van der Waals surface area contributed by atoms with Crippen LogP contribution in [0, 0.1) is 5.92 Å². The fourth-order valence-electron chi connectivity index (χ4n) is 4.01. The Labute approximate surface area is 153 Å². The number of rotatable bonds is 6. The smallest absolute Gasteiger partial charge is 0.303 e. The Kier molecular flexibility index (Phi) is 5.91.